The number of carbonyl (C=O) groups excluding carboxylic acids is 1. The Balaban J connectivity index is 2.04. The Morgan fingerprint density at radius 1 is 1.47 bits per heavy atom. The van der Waals surface area contributed by atoms with Crippen molar-refractivity contribution in [3.63, 3.8) is 0 Å². The highest BCUT2D eigenvalue weighted by Crippen LogP contribution is 2.14. The largest absolute Gasteiger partial charge is 0.347 e. The van der Waals surface area contributed by atoms with Crippen molar-refractivity contribution in [2.24, 2.45) is 0 Å². The Morgan fingerprint density at radius 3 is 2.94 bits per heavy atom. The molecule has 0 aliphatic carbocycles. The lowest BCUT2D eigenvalue weighted by Gasteiger charge is -2.04. The van der Waals surface area contributed by atoms with E-state index >= 15 is 0 Å². The molecule has 0 fully saturated rings. The highest BCUT2D eigenvalue weighted by atomic mass is 79.9. The Bertz CT molecular complexity index is 507. The molecule has 2 N–H and O–H groups in total. The molecular weight excluding hydrogens is 289 g/mol. The summed E-state index contributed by atoms with van der Waals surface area (Å²) in [4.78, 5) is 18.4. The summed E-state index contributed by atoms with van der Waals surface area (Å²) >= 11 is 3.13. The van der Waals surface area contributed by atoms with Crippen LogP contribution in [0.1, 0.15) is 16.1 Å². The number of nitrogens with one attached hydrogen (secondary N) is 2. The second-order valence-corrected chi connectivity index (χ2v) is 4.33. The molecule has 0 saturated heterocycles. The number of hydrogen-bond acceptors (Lipinski definition) is 2. The number of rotatable bonds is 3. The quantitative estimate of drug-likeness (QED) is 0.913. The van der Waals surface area contributed by atoms with Crippen LogP contribution in [0.5, 0.6) is 0 Å². The van der Waals surface area contributed by atoms with Crippen LogP contribution in [0.25, 0.3) is 0 Å². The fraction of sp³-hybridized carbons (Fsp3) is 0.0909. The van der Waals surface area contributed by atoms with Crippen LogP contribution < -0.4 is 5.32 Å². The summed E-state index contributed by atoms with van der Waals surface area (Å²) < 4.78 is 13.6. The molecule has 2 aromatic rings. The number of carbonyl (C=O) groups is 1. The molecule has 1 amide bonds. The number of amides is 1. The van der Waals surface area contributed by atoms with Crippen molar-refractivity contribution in [2.75, 3.05) is 0 Å². The van der Waals surface area contributed by atoms with E-state index in [1.54, 1.807) is 12.3 Å². The molecule has 2 rings (SSSR count). The van der Waals surface area contributed by atoms with E-state index in [0.717, 1.165) is 5.69 Å². The molecule has 0 aliphatic heterocycles. The zero-order valence-electron chi connectivity index (χ0n) is 8.71. The van der Waals surface area contributed by atoms with Crippen molar-refractivity contribution in [2.45, 2.75) is 6.54 Å². The molecule has 17 heavy (non-hydrogen) atoms. The molecule has 0 unspecified atom stereocenters. The minimum Gasteiger partial charge on any atom is -0.347 e. The molecule has 0 radical (unpaired) electrons. The summed E-state index contributed by atoms with van der Waals surface area (Å²) in [5, 5.41) is 2.66. The zero-order valence-corrected chi connectivity index (χ0v) is 10.3. The standard InChI is InChI=1S/C11H9BrFN3O/c12-8-1-7(2-9(13)3-8)11(17)15-5-10-4-14-6-16-10/h1-4,6H,5H2,(H,14,16)(H,15,17). The molecule has 88 valence electrons. The van der Waals surface area contributed by atoms with E-state index in [-0.39, 0.29) is 11.5 Å². The number of imidazole rings is 1. The SMILES string of the molecule is O=C(NCc1cnc[nH]1)c1cc(F)cc(Br)c1. The highest BCUT2D eigenvalue weighted by Gasteiger charge is 2.08. The maximum absolute atomic E-state index is 13.1. The molecule has 4 nitrogen and oxygen atoms in total. The van der Waals surface area contributed by atoms with Gasteiger partial charge in [-0.05, 0) is 18.2 Å². The van der Waals surface area contributed by atoms with Crippen molar-refractivity contribution in [1.29, 1.82) is 0 Å². The lowest BCUT2D eigenvalue weighted by atomic mass is 10.2. The normalized spacial score (nSPS) is 10.2. The fourth-order valence-electron chi connectivity index (χ4n) is 1.34. The maximum atomic E-state index is 13.1. The van der Waals surface area contributed by atoms with Crippen molar-refractivity contribution in [3.8, 4) is 0 Å². The number of aromatic amines is 1. The molecule has 1 aromatic carbocycles. The van der Waals surface area contributed by atoms with Crippen molar-refractivity contribution < 1.29 is 9.18 Å². The van der Waals surface area contributed by atoms with Gasteiger partial charge >= 0.3 is 0 Å². The number of hydrogen-bond donors (Lipinski definition) is 2. The van der Waals surface area contributed by atoms with Crippen molar-refractivity contribution in [1.82, 2.24) is 15.3 Å². The molecule has 6 heteroatoms. The first kappa shape index (κ1) is 11.8. The van der Waals surface area contributed by atoms with E-state index in [9.17, 15) is 9.18 Å². The predicted molar refractivity (Wildman–Crippen MR) is 63.9 cm³/mol. The van der Waals surface area contributed by atoms with E-state index in [1.165, 1.54) is 18.5 Å². The number of aromatic nitrogens is 2. The second kappa shape index (κ2) is 5.09. The van der Waals surface area contributed by atoms with Gasteiger partial charge in [-0.15, -0.1) is 0 Å². The molecule has 0 bridgehead atoms. The molecule has 1 aromatic heterocycles. The number of H-pyrrole nitrogens is 1. The highest BCUT2D eigenvalue weighted by molar-refractivity contribution is 9.10. The smallest absolute Gasteiger partial charge is 0.251 e. The molecule has 1 heterocycles. The Labute approximate surface area is 105 Å². The van der Waals surface area contributed by atoms with Crippen LogP contribution in [0.4, 0.5) is 4.39 Å². The zero-order chi connectivity index (χ0) is 12.3. The average Bonchev–Trinajstić information content (AvgIpc) is 2.77. The van der Waals surface area contributed by atoms with Gasteiger partial charge in [-0.3, -0.25) is 4.79 Å². The first-order chi connectivity index (χ1) is 8.15. The molecule has 0 atom stereocenters. The maximum Gasteiger partial charge on any atom is 0.251 e. The third kappa shape index (κ3) is 3.13. The Hall–Kier alpha value is -1.69. The topological polar surface area (TPSA) is 57.8 Å². The van der Waals surface area contributed by atoms with E-state index in [1.807, 2.05) is 0 Å². The van der Waals surface area contributed by atoms with Gasteiger partial charge in [0, 0.05) is 16.2 Å². The van der Waals surface area contributed by atoms with Crippen LogP contribution >= 0.6 is 15.9 Å². The molecular formula is C11H9BrFN3O. The third-order valence-corrected chi connectivity index (χ3v) is 2.58. The van der Waals surface area contributed by atoms with Crippen LogP contribution in [0.15, 0.2) is 35.2 Å². The Morgan fingerprint density at radius 2 is 2.29 bits per heavy atom. The van der Waals surface area contributed by atoms with Gasteiger partial charge in [0.15, 0.2) is 0 Å². The summed E-state index contributed by atoms with van der Waals surface area (Å²) in [5.41, 5.74) is 1.06. The lowest BCUT2D eigenvalue weighted by molar-refractivity contribution is 0.0950. The van der Waals surface area contributed by atoms with Gasteiger partial charge < -0.3 is 10.3 Å². The summed E-state index contributed by atoms with van der Waals surface area (Å²) in [6.45, 7) is 0.326. The third-order valence-electron chi connectivity index (χ3n) is 2.12. The summed E-state index contributed by atoms with van der Waals surface area (Å²) in [5.74, 6) is -0.786. The minimum absolute atomic E-state index is 0.274. The summed E-state index contributed by atoms with van der Waals surface area (Å²) in [7, 11) is 0. The summed E-state index contributed by atoms with van der Waals surface area (Å²) in [6, 6.07) is 4.05. The van der Waals surface area contributed by atoms with Gasteiger partial charge in [0.25, 0.3) is 5.91 Å². The van der Waals surface area contributed by atoms with Gasteiger partial charge in [0.1, 0.15) is 5.82 Å². The number of halogens is 2. The number of nitrogens with zero attached hydrogens (tertiary/aromatic N) is 1. The molecule has 0 saturated carbocycles. The fourth-order valence-corrected chi connectivity index (χ4v) is 1.81. The van der Waals surface area contributed by atoms with Gasteiger partial charge in [0.05, 0.1) is 18.6 Å². The minimum atomic E-state index is -0.453. The van der Waals surface area contributed by atoms with Gasteiger partial charge in [0.2, 0.25) is 0 Å². The average molecular weight is 298 g/mol. The molecule has 0 aliphatic rings. The van der Waals surface area contributed by atoms with Crippen LogP contribution in [-0.4, -0.2) is 15.9 Å². The van der Waals surface area contributed by atoms with Gasteiger partial charge in [-0.2, -0.15) is 0 Å². The van der Waals surface area contributed by atoms with Crippen molar-refractivity contribution in [3.05, 3.63) is 52.3 Å². The predicted octanol–water partition coefficient (Wildman–Crippen LogP) is 2.24. The van der Waals surface area contributed by atoms with Gasteiger partial charge in [-0.1, -0.05) is 15.9 Å². The van der Waals surface area contributed by atoms with Gasteiger partial charge in [-0.25, -0.2) is 9.37 Å². The first-order valence-electron chi connectivity index (χ1n) is 4.86. The Kier molecular flexibility index (Phi) is 3.53. The number of benzene rings is 1. The lowest BCUT2D eigenvalue weighted by Crippen LogP contribution is -2.23. The first-order valence-corrected chi connectivity index (χ1v) is 5.66. The van der Waals surface area contributed by atoms with Crippen LogP contribution in [0.3, 0.4) is 0 Å². The van der Waals surface area contributed by atoms with Crippen LogP contribution in [0, 0.1) is 5.82 Å². The second-order valence-electron chi connectivity index (χ2n) is 3.42. The van der Waals surface area contributed by atoms with Crippen LogP contribution in [-0.2, 0) is 6.54 Å². The van der Waals surface area contributed by atoms with E-state index in [0.29, 0.717) is 11.0 Å². The monoisotopic (exact) mass is 297 g/mol. The van der Waals surface area contributed by atoms with E-state index < -0.39 is 5.82 Å². The van der Waals surface area contributed by atoms with E-state index in [4.69, 9.17) is 0 Å². The summed E-state index contributed by atoms with van der Waals surface area (Å²) in [6.07, 6.45) is 3.14. The van der Waals surface area contributed by atoms with Crippen LogP contribution in [0.2, 0.25) is 0 Å². The van der Waals surface area contributed by atoms with E-state index in [2.05, 4.69) is 31.2 Å². The van der Waals surface area contributed by atoms with Crippen molar-refractivity contribution >= 4 is 21.8 Å². The molecule has 0 spiro atoms.